The van der Waals surface area contributed by atoms with Gasteiger partial charge in [0.1, 0.15) is 0 Å². The Kier molecular flexibility index (Phi) is 9.05. The number of thiol groups is 1. The predicted octanol–water partition coefficient (Wildman–Crippen LogP) is -5.41. The summed E-state index contributed by atoms with van der Waals surface area (Å²) >= 11 is 0. The van der Waals surface area contributed by atoms with E-state index < -0.39 is 35.8 Å². The number of hydrogen-bond donors (Lipinski definition) is 1. The van der Waals surface area contributed by atoms with Crippen LogP contribution in [0.1, 0.15) is 12.8 Å². The van der Waals surface area contributed by atoms with Crippen LogP contribution in [0.2, 0.25) is 0 Å². The SMILES string of the molecule is O=C([O-])CCC(=O)O[SH](=O)=O.[Na+]. The van der Waals surface area contributed by atoms with Crippen molar-refractivity contribution in [1.29, 1.82) is 0 Å². The first kappa shape index (κ1) is 14.4. The average Bonchev–Trinajstić information content (AvgIpc) is 1.82. The summed E-state index contributed by atoms with van der Waals surface area (Å²) in [5.74, 6) is -2.52. The van der Waals surface area contributed by atoms with Crippen molar-refractivity contribution in [2.45, 2.75) is 12.8 Å². The molecule has 0 aromatic rings. The van der Waals surface area contributed by atoms with Gasteiger partial charge in [0.05, 0.1) is 6.42 Å². The van der Waals surface area contributed by atoms with Crippen LogP contribution in [-0.2, 0) is 24.8 Å². The van der Waals surface area contributed by atoms with Gasteiger partial charge in [0.15, 0.2) is 0 Å². The third-order valence-electron chi connectivity index (χ3n) is 0.710. The molecule has 0 radical (unpaired) electrons. The van der Waals surface area contributed by atoms with Crippen molar-refractivity contribution >= 4 is 22.9 Å². The van der Waals surface area contributed by atoms with Crippen LogP contribution in [0.15, 0.2) is 0 Å². The van der Waals surface area contributed by atoms with E-state index in [1.165, 1.54) is 0 Å². The Bertz CT molecular complexity index is 226. The number of hydrogen-bond acceptors (Lipinski definition) is 6. The second kappa shape index (κ2) is 7.53. The molecular weight excluding hydrogens is 199 g/mol. The van der Waals surface area contributed by atoms with Gasteiger partial charge >= 0.3 is 46.5 Å². The molecule has 0 fully saturated rings. The predicted molar refractivity (Wildman–Crippen MR) is 30.6 cm³/mol. The molecule has 0 rings (SSSR count). The molecule has 0 aliphatic rings. The zero-order valence-corrected chi connectivity index (χ0v) is 9.21. The van der Waals surface area contributed by atoms with Gasteiger partial charge in [-0.2, -0.15) is 8.42 Å². The Morgan fingerprint density at radius 3 is 2.08 bits per heavy atom. The van der Waals surface area contributed by atoms with E-state index in [4.69, 9.17) is 0 Å². The minimum absolute atomic E-state index is 0. The van der Waals surface area contributed by atoms with E-state index in [1.54, 1.807) is 0 Å². The first-order valence-corrected chi connectivity index (χ1v) is 3.67. The molecule has 0 aromatic carbocycles. The van der Waals surface area contributed by atoms with Crippen molar-refractivity contribution < 1.29 is 56.9 Å². The van der Waals surface area contributed by atoms with Gasteiger partial charge in [0, 0.05) is 5.97 Å². The van der Waals surface area contributed by atoms with Gasteiger partial charge in [-0.25, -0.2) is 0 Å². The number of rotatable bonds is 4. The molecule has 0 aromatic heterocycles. The Labute approximate surface area is 92.3 Å². The van der Waals surface area contributed by atoms with Gasteiger partial charge in [-0.05, 0) is 6.42 Å². The minimum atomic E-state index is -3.23. The maximum absolute atomic E-state index is 10.3. The van der Waals surface area contributed by atoms with Crippen molar-refractivity contribution in [1.82, 2.24) is 0 Å². The number of aliphatic carboxylic acids is 1. The van der Waals surface area contributed by atoms with Gasteiger partial charge in [-0.15, -0.1) is 0 Å². The van der Waals surface area contributed by atoms with Crippen LogP contribution in [-0.4, -0.2) is 20.4 Å². The van der Waals surface area contributed by atoms with Crippen LogP contribution >= 0.6 is 0 Å². The van der Waals surface area contributed by atoms with Crippen molar-refractivity contribution in [3.63, 3.8) is 0 Å². The molecule has 12 heavy (non-hydrogen) atoms. The summed E-state index contributed by atoms with van der Waals surface area (Å²) in [5.41, 5.74) is 0. The van der Waals surface area contributed by atoms with Gasteiger partial charge < -0.3 is 14.1 Å². The largest absolute Gasteiger partial charge is 1.00 e. The molecule has 0 saturated heterocycles. The zero-order valence-electron chi connectivity index (χ0n) is 6.31. The molecule has 0 unspecified atom stereocenters. The normalized spacial score (nSPS) is 8.75. The monoisotopic (exact) mass is 204 g/mol. The average molecular weight is 204 g/mol. The Morgan fingerprint density at radius 2 is 1.75 bits per heavy atom. The third-order valence-corrected chi connectivity index (χ3v) is 1.06. The molecule has 0 aliphatic heterocycles. The summed E-state index contributed by atoms with van der Waals surface area (Å²) in [4.78, 5) is 20.0. The third kappa shape index (κ3) is 9.89. The van der Waals surface area contributed by atoms with E-state index in [2.05, 4.69) is 4.18 Å². The second-order valence-corrected chi connectivity index (χ2v) is 2.19. The van der Waals surface area contributed by atoms with Crippen LogP contribution in [0.5, 0.6) is 0 Å². The molecule has 0 heterocycles. The first-order valence-electron chi connectivity index (χ1n) is 2.57. The molecule has 0 bridgehead atoms. The van der Waals surface area contributed by atoms with Gasteiger partial charge in [0.2, 0.25) is 0 Å². The molecule has 0 aliphatic carbocycles. The maximum Gasteiger partial charge on any atom is 1.00 e. The summed E-state index contributed by atoms with van der Waals surface area (Å²) in [6, 6.07) is 0. The van der Waals surface area contributed by atoms with E-state index in [1.807, 2.05) is 0 Å². The summed E-state index contributed by atoms with van der Waals surface area (Å²) in [7, 11) is -3.23. The first-order chi connectivity index (χ1) is 5.02. The second-order valence-electron chi connectivity index (χ2n) is 1.56. The van der Waals surface area contributed by atoms with Crippen molar-refractivity contribution in [2.75, 3.05) is 0 Å². The van der Waals surface area contributed by atoms with Crippen LogP contribution in [0.4, 0.5) is 0 Å². The molecular formula is C4H5NaO6S. The standard InChI is InChI=1S/C4H6O6S.Na/c5-3(6)1-2-4(7)10-11(8)9;/h11H,1-2H2,(H,5,6);/q;+1/p-1. The molecule has 0 N–H and O–H groups in total. The fourth-order valence-electron chi connectivity index (χ4n) is 0.333. The van der Waals surface area contributed by atoms with E-state index in [9.17, 15) is 23.1 Å². The molecule has 0 spiro atoms. The van der Waals surface area contributed by atoms with Gasteiger partial charge in [-0.3, -0.25) is 4.79 Å². The Hall–Kier alpha value is -0.110. The molecule has 0 saturated carbocycles. The van der Waals surface area contributed by atoms with Crippen molar-refractivity contribution in [3.05, 3.63) is 0 Å². The van der Waals surface area contributed by atoms with Crippen molar-refractivity contribution in [3.8, 4) is 0 Å². The Balaban J connectivity index is 0. The van der Waals surface area contributed by atoms with Gasteiger partial charge in [0.25, 0.3) is 0 Å². The smallest absolute Gasteiger partial charge is 0.550 e. The van der Waals surface area contributed by atoms with Crippen LogP contribution in [0, 0.1) is 0 Å². The topological polar surface area (TPSA) is 101 Å². The quantitative estimate of drug-likeness (QED) is 0.362. The summed E-state index contributed by atoms with van der Waals surface area (Å²) < 4.78 is 23.0. The molecule has 8 heteroatoms. The van der Waals surface area contributed by atoms with Crippen molar-refractivity contribution in [2.24, 2.45) is 0 Å². The number of carbonyl (C=O) groups is 2. The van der Waals surface area contributed by atoms with Crippen LogP contribution in [0.3, 0.4) is 0 Å². The number of carboxylic acids is 1. The minimum Gasteiger partial charge on any atom is -0.550 e. The molecule has 6 nitrogen and oxygen atoms in total. The fraction of sp³-hybridized carbons (Fsp3) is 0.500. The molecule has 0 amide bonds. The summed E-state index contributed by atoms with van der Waals surface area (Å²) in [6.07, 6.45) is -1.03. The molecule has 0 atom stereocenters. The fourth-order valence-corrected chi connectivity index (χ4v) is 0.590. The van der Waals surface area contributed by atoms with E-state index >= 15 is 0 Å². The summed E-state index contributed by atoms with van der Waals surface area (Å²) in [5, 5.41) is 9.72. The van der Waals surface area contributed by atoms with Crippen LogP contribution < -0.4 is 34.7 Å². The number of carbonyl (C=O) groups excluding carboxylic acids is 2. The number of carboxylic acid groups (broad SMARTS) is 1. The summed E-state index contributed by atoms with van der Waals surface area (Å²) in [6.45, 7) is 0. The Morgan fingerprint density at radius 1 is 1.25 bits per heavy atom. The van der Waals surface area contributed by atoms with Gasteiger partial charge in [-0.1, -0.05) is 0 Å². The molecule has 64 valence electrons. The zero-order chi connectivity index (χ0) is 8.85. The maximum atomic E-state index is 10.3. The van der Waals surface area contributed by atoms with E-state index in [0.29, 0.717) is 0 Å². The van der Waals surface area contributed by atoms with E-state index in [0.717, 1.165) is 0 Å². The van der Waals surface area contributed by atoms with E-state index in [-0.39, 0.29) is 29.6 Å². The van der Waals surface area contributed by atoms with Crippen LogP contribution in [0.25, 0.3) is 0 Å².